The molecule has 0 saturated carbocycles. The molecule has 0 amide bonds. The van der Waals surface area contributed by atoms with Gasteiger partial charge < -0.3 is 24.5 Å². The van der Waals surface area contributed by atoms with Gasteiger partial charge in [0.2, 0.25) is 0 Å². The fraction of sp³-hybridized carbons (Fsp3) is 0.440. The fourth-order valence-electron chi connectivity index (χ4n) is 4.27. The van der Waals surface area contributed by atoms with Crippen molar-refractivity contribution in [1.29, 1.82) is 0 Å². The number of piperidine rings is 1. The second kappa shape index (κ2) is 12.3. The topological polar surface area (TPSA) is 83.8 Å². The third-order valence-corrected chi connectivity index (χ3v) is 6.23. The van der Waals surface area contributed by atoms with Crippen LogP contribution in [0.25, 0.3) is 11.0 Å². The maximum absolute atomic E-state index is 10.5. The molecule has 190 valence electrons. The number of benzene rings is 2. The van der Waals surface area contributed by atoms with E-state index in [-0.39, 0.29) is 0 Å². The molecular weight excluding hydrogens is 483 g/mol. The lowest BCUT2D eigenvalue weighted by molar-refractivity contribution is -0.669. The first kappa shape index (κ1) is 26.8. The van der Waals surface area contributed by atoms with Gasteiger partial charge in [-0.05, 0) is 68.5 Å². The zero-order valence-electron chi connectivity index (χ0n) is 19.5. The van der Waals surface area contributed by atoms with Crippen molar-refractivity contribution in [2.24, 2.45) is 5.92 Å². The van der Waals surface area contributed by atoms with Gasteiger partial charge in [0, 0.05) is 17.5 Å². The minimum atomic E-state index is -5.19. The molecule has 6 nitrogen and oxygen atoms in total. The molecule has 10 heteroatoms. The highest BCUT2D eigenvalue weighted by atomic mass is 35.5. The Kier molecular flexibility index (Phi) is 9.40. The van der Waals surface area contributed by atoms with Crippen LogP contribution in [0.3, 0.4) is 0 Å². The SMILES string of the molecule is Cc1cccc2nc(COc3ccc(Cl)cc3)n(CCCC3CCC[NH2+]C3)c12.O=C([O-])C(F)(F)F. The molecule has 1 aliphatic rings. The maximum Gasteiger partial charge on any atom is 0.430 e. The van der Waals surface area contributed by atoms with Crippen molar-refractivity contribution >= 4 is 28.6 Å². The number of carboxylic acid groups (broad SMARTS) is 1. The summed E-state index contributed by atoms with van der Waals surface area (Å²) in [4.78, 5) is 13.7. The molecule has 1 atom stereocenters. The van der Waals surface area contributed by atoms with Crippen LogP contribution in [0.5, 0.6) is 5.75 Å². The molecule has 0 aliphatic carbocycles. The van der Waals surface area contributed by atoms with Crippen molar-refractivity contribution in [1.82, 2.24) is 9.55 Å². The van der Waals surface area contributed by atoms with Crippen LogP contribution < -0.4 is 15.2 Å². The van der Waals surface area contributed by atoms with E-state index in [4.69, 9.17) is 31.2 Å². The van der Waals surface area contributed by atoms with E-state index in [1.807, 2.05) is 24.3 Å². The highest BCUT2D eigenvalue weighted by molar-refractivity contribution is 6.30. The number of carboxylic acids is 1. The summed E-state index contributed by atoms with van der Waals surface area (Å²) < 4.78 is 39.9. The number of halogens is 4. The summed E-state index contributed by atoms with van der Waals surface area (Å²) in [5, 5.41) is 12.0. The van der Waals surface area contributed by atoms with Gasteiger partial charge in [-0.1, -0.05) is 23.7 Å². The summed E-state index contributed by atoms with van der Waals surface area (Å²) in [6, 6.07) is 13.9. The molecule has 4 rings (SSSR count). The summed E-state index contributed by atoms with van der Waals surface area (Å²) in [5.41, 5.74) is 3.57. The fourth-order valence-corrected chi connectivity index (χ4v) is 4.39. The van der Waals surface area contributed by atoms with Crippen molar-refractivity contribution < 1.29 is 33.1 Å². The summed E-state index contributed by atoms with van der Waals surface area (Å²) in [7, 11) is 0. The van der Waals surface area contributed by atoms with Gasteiger partial charge in [-0.25, -0.2) is 4.98 Å². The summed E-state index contributed by atoms with van der Waals surface area (Å²) in [6.07, 6.45) is 0.0243. The average molecular weight is 512 g/mol. The molecule has 2 aromatic carbocycles. The van der Waals surface area contributed by atoms with Gasteiger partial charge in [-0.2, -0.15) is 13.2 Å². The third kappa shape index (κ3) is 7.86. The molecule has 1 fully saturated rings. The quantitative estimate of drug-likeness (QED) is 0.525. The minimum Gasteiger partial charge on any atom is -0.542 e. The molecule has 2 heterocycles. The number of hydrogen-bond acceptors (Lipinski definition) is 4. The molecule has 2 N–H and O–H groups in total. The van der Waals surface area contributed by atoms with Gasteiger partial charge in [0.05, 0.1) is 24.1 Å². The van der Waals surface area contributed by atoms with E-state index in [0.717, 1.165) is 34.6 Å². The molecule has 35 heavy (non-hydrogen) atoms. The number of carbonyl (C=O) groups is 1. The number of aryl methyl sites for hydroxylation is 2. The Balaban J connectivity index is 0.000000429. The Bertz CT molecular complexity index is 1110. The lowest BCUT2D eigenvalue weighted by Crippen LogP contribution is -2.87. The van der Waals surface area contributed by atoms with Crippen LogP contribution in [0, 0.1) is 12.8 Å². The van der Waals surface area contributed by atoms with E-state index in [9.17, 15) is 13.2 Å². The number of para-hydroxylation sites is 1. The number of ether oxygens (including phenoxy) is 1. The van der Waals surface area contributed by atoms with Crippen LogP contribution in [-0.2, 0) is 17.9 Å². The third-order valence-electron chi connectivity index (χ3n) is 5.98. The van der Waals surface area contributed by atoms with Crippen LogP contribution >= 0.6 is 11.6 Å². The van der Waals surface area contributed by atoms with Gasteiger partial charge >= 0.3 is 6.18 Å². The normalized spacial score (nSPS) is 16.0. The zero-order valence-corrected chi connectivity index (χ0v) is 20.2. The van der Waals surface area contributed by atoms with Crippen molar-refractivity contribution in [2.75, 3.05) is 13.1 Å². The maximum atomic E-state index is 10.5. The smallest absolute Gasteiger partial charge is 0.430 e. The van der Waals surface area contributed by atoms with E-state index in [1.54, 1.807) is 0 Å². The number of hydrogen-bond donors (Lipinski definition) is 1. The van der Waals surface area contributed by atoms with Crippen molar-refractivity contribution in [3.8, 4) is 5.75 Å². The molecule has 0 spiro atoms. The van der Waals surface area contributed by atoms with Gasteiger partial charge in [-0.15, -0.1) is 0 Å². The van der Waals surface area contributed by atoms with E-state index in [1.165, 1.54) is 49.9 Å². The number of nitrogens with two attached hydrogens (primary N) is 1. The molecule has 0 bridgehead atoms. The number of nitrogens with zero attached hydrogens (tertiary/aromatic N) is 2. The molecule has 0 radical (unpaired) electrons. The highest BCUT2D eigenvalue weighted by Gasteiger charge is 2.28. The van der Waals surface area contributed by atoms with Crippen molar-refractivity contribution in [3.05, 3.63) is 58.9 Å². The minimum absolute atomic E-state index is 0.465. The lowest BCUT2D eigenvalue weighted by Gasteiger charge is -2.20. The van der Waals surface area contributed by atoms with Crippen LogP contribution in [0.1, 0.15) is 37.1 Å². The number of carbonyl (C=O) groups excluding carboxylic acids is 1. The highest BCUT2D eigenvalue weighted by Crippen LogP contribution is 2.24. The first-order valence-corrected chi connectivity index (χ1v) is 12.0. The Morgan fingerprint density at radius 3 is 2.60 bits per heavy atom. The van der Waals surface area contributed by atoms with Crippen LogP contribution in [0.15, 0.2) is 42.5 Å². The first-order valence-electron chi connectivity index (χ1n) is 11.6. The predicted octanol–water partition coefficient (Wildman–Crippen LogP) is 3.63. The predicted molar refractivity (Wildman–Crippen MR) is 125 cm³/mol. The molecule has 1 aromatic heterocycles. The van der Waals surface area contributed by atoms with Gasteiger partial charge in [0.1, 0.15) is 24.2 Å². The zero-order chi connectivity index (χ0) is 25.4. The van der Waals surface area contributed by atoms with Crippen LogP contribution in [-0.4, -0.2) is 34.8 Å². The van der Waals surface area contributed by atoms with E-state index in [0.29, 0.717) is 6.61 Å². The molecule has 3 aromatic rings. The van der Waals surface area contributed by atoms with E-state index < -0.39 is 12.1 Å². The Labute approximate surface area is 207 Å². The molecular formula is C25H29ClF3N3O3. The standard InChI is InChI=1S/C23H28ClN3O.C2HF3O2/c1-17-5-2-8-21-23(17)27(14-4-7-18-6-3-13-25-15-18)22(26-21)16-28-20-11-9-19(24)10-12-20;3-2(4,5)1(6)7/h2,5,8-12,18,25H,3-4,6-7,13-16H2,1H3;(H,6,7). The number of rotatable bonds is 7. The Hall–Kier alpha value is -2.78. The van der Waals surface area contributed by atoms with Gasteiger partial charge in [0.15, 0.2) is 0 Å². The number of alkyl halides is 3. The summed E-state index contributed by atoms with van der Waals surface area (Å²) >= 11 is 5.97. The number of quaternary nitrogens is 1. The van der Waals surface area contributed by atoms with E-state index >= 15 is 0 Å². The van der Waals surface area contributed by atoms with Crippen molar-refractivity contribution in [2.45, 2.75) is 51.9 Å². The molecule has 1 saturated heterocycles. The number of aromatic nitrogens is 2. The Morgan fingerprint density at radius 2 is 1.97 bits per heavy atom. The molecule has 1 unspecified atom stereocenters. The van der Waals surface area contributed by atoms with E-state index in [2.05, 4.69) is 35.0 Å². The monoisotopic (exact) mass is 511 g/mol. The van der Waals surface area contributed by atoms with Crippen molar-refractivity contribution in [3.63, 3.8) is 0 Å². The second-order valence-corrected chi connectivity index (χ2v) is 9.05. The lowest BCUT2D eigenvalue weighted by atomic mass is 9.95. The average Bonchev–Trinajstić information content (AvgIpc) is 3.18. The number of aliphatic carboxylic acids is 1. The first-order chi connectivity index (χ1) is 16.6. The van der Waals surface area contributed by atoms with Gasteiger partial charge in [-0.3, -0.25) is 0 Å². The largest absolute Gasteiger partial charge is 0.542 e. The Morgan fingerprint density at radius 1 is 1.26 bits per heavy atom. The summed E-state index contributed by atoms with van der Waals surface area (Å²) in [6.45, 7) is 6.22. The summed E-state index contributed by atoms with van der Waals surface area (Å²) in [5.74, 6) is -0.335. The van der Waals surface area contributed by atoms with Gasteiger partial charge in [0.25, 0.3) is 0 Å². The second-order valence-electron chi connectivity index (χ2n) is 8.61. The molecule has 1 aliphatic heterocycles. The van der Waals surface area contributed by atoms with Crippen LogP contribution in [0.4, 0.5) is 13.2 Å². The van der Waals surface area contributed by atoms with Crippen LogP contribution in [0.2, 0.25) is 5.02 Å². The number of imidazole rings is 1. The number of fused-ring (bicyclic) bond motifs is 1.